The molecule has 0 saturated carbocycles. The third-order valence-corrected chi connectivity index (χ3v) is 4.23. The molecule has 0 heterocycles. The molecule has 0 radical (unpaired) electrons. The zero-order chi connectivity index (χ0) is 15.5. The molecule has 0 aromatic heterocycles. The Labute approximate surface area is 128 Å². The van der Waals surface area contributed by atoms with E-state index in [2.05, 4.69) is 64.1 Å². The SMILES string of the molecule is CC(C)(C)c1ccc(CC(C)(CO)c2ccccc2)cc1. The van der Waals surface area contributed by atoms with Crippen molar-refractivity contribution in [2.75, 3.05) is 6.61 Å². The average Bonchev–Trinajstić information content (AvgIpc) is 2.47. The van der Waals surface area contributed by atoms with Crippen molar-refractivity contribution in [1.82, 2.24) is 0 Å². The van der Waals surface area contributed by atoms with Crippen LogP contribution < -0.4 is 0 Å². The van der Waals surface area contributed by atoms with Gasteiger partial charge in [0, 0.05) is 5.41 Å². The minimum Gasteiger partial charge on any atom is -0.395 e. The highest BCUT2D eigenvalue weighted by Gasteiger charge is 2.26. The Hall–Kier alpha value is -1.60. The molecule has 0 aliphatic heterocycles. The summed E-state index contributed by atoms with van der Waals surface area (Å²) >= 11 is 0. The molecule has 0 aliphatic rings. The Kier molecular flexibility index (Phi) is 4.53. The van der Waals surface area contributed by atoms with Crippen LogP contribution in [0, 0.1) is 0 Å². The molecule has 2 rings (SSSR count). The normalized spacial score (nSPS) is 14.7. The molecule has 21 heavy (non-hydrogen) atoms. The van der Waals surface area contributed by atoms with E-state index in [4.69, 9.17) is 0 Å². The van der Waals surface area contributed by atoms with Gasteiger partial charge in [0.15, 0.2) is 0 Å². The predicted octanol–water partition coefficient (Wildman–Crippen LogP) is 4.48. The highest BCUT2D eigenvalue weighted by atomic mass is 16.3. The van der Waals surface area contributed by atoms with Crippen molar-refractivity contribution in [3.05, 3.63) is 71.3 Å². The molecular weight excluding hydrogens is 256 g/mol. The minimum atomic E-state index is -0.232. The molecule has 0 bridgehead atoms. The third-order valence-electron chi connectivity index (χ3n) is 4.23. The molecule has 0 fully saturated rings. The van der Waals surface area contributed by atoms with Crippen LogP contribution in [0.25, 0.3) is 0 Å². The summed E-state index contributed by atoms with van der Waals surface area (Å²) in [5.41, 5.74) is 3.75. The smallest absolute Gasteiger partial charge is 0.0528 e. The quantitative estimate of drug-likeness (QED) is 0.876. The first kappa shape index (κ1) is 15.8. The molecule has 0 saturated heterocycles. The maximum Gasteiger partial charge on any atom is 0.0528 e. The second kappa shape index (κ2) is 6.03. The standard InChI is InChI=1S/C20H26O/c1-19(2,3)17-12-10-16(11-13-17)14-20(4,15-21)18-8-6-5-7-9-18/h5-13,21H,14-15H2,1-4H3. The van der Waals surface area contributed by atoms with Crippen LogP contribution in [0.4, 0.5) is 0 Å². The van der Waals surface area contributed by atoms with Crippen molar-refractivity contribution in [3.63, 3.8) is 0 Å². The van der Waals surface area contributed by atoms with Crippen LogP contribution in [-0.2, 0) is 17.3 Å². The second-order valence-corrected chi connectivity index (χ2v) is 7.21. The molecule has 0 spiro atoms. The van der Waals surface area contributed by atoms with Gasteiger partial charge in [-0.25, -0.2) is 0 Å². The van der Waals surface area contributed by atoms with E-state index in [-0.39, 0.29) is 17.4 Å². The Morgan fingerprint density at radius 2 is 1.33 bits per heavy atom. The zero-order valence-electron chi connectivity index (χ0n) is 13.6. The first-order chi connectivity index (χ1) is 9.85. The van der Waals surface area contributed by atoms with Gasteiger partial charge in [-0.1, -0.05) is 82.3 Å². The van der Waals surface area contributed by atoms with Crippen molar-refractivity contribution in [1.29, 1.82) is 0 Å². The van der Waals surface area contributed by atoms with Gasteiger partial charge in [-0.2, -0.15) is 0 Å². The molecule has 2 aromatic carbocycles. The average molecular weight is 282 g/mol. The van der Waals surface area contributed by atoms with E-state index >= 15 is 0 Å². The molecule has 1 atom stereocenters. The van der Waals surface area contributed by atoms with Crippen LogP contribution in [0.15, 0.2) is 54.6 Å². The summed E-state index contributed by atoms with van der Waals surface area (Å²) in [4.78, 5) is 0. The first-order valence-corrected chi connectivity index (χ1v) is 7.61. The number of rotatable bonds is 4. The van der Waals surface area contributed by atoms with E-state index < -0.39 is 0 Å². The number of aliphatic hydroxyl groups excluding tert-OH is 1. The summed E-state index contributed by atoms with van der Waals surface area (Å²) < 4.78 is 0. The Balaban J connectivity index is 2.23. The molecule has 0 amide bonds. The minimum absolute atomic E-state index is 0.151. The summed E-state index contributed by atoms with van der Waals surface area (Å²) in [5, 5.41) is 9.88. The summed E-state index contributed by atoms with van der Waals surface area (Å²) in [6.07, 6.45) is 0.845. The van der Waals surface area contributed by atoms with Gasteiger partial charge in [-0.15, -0.1) is 0 Å². The van der Waals surface area contributed by atoms with Crippen LogP contribution in [0.1, 0.15) is 44.4 Å². The van der Waals surface area contributed by atoms with Crippen molar-refractivity contribution in [2.24, 2.45) is 0 Å². The summed E-state index contributed by atoms with van der Waals surface area (Å²) in [7, 11) is 0. The molecular formula is C20H26O. The van der Waals surface area contributed by atoms with E-state index in [1.165, 1.54) is 16.7 Å². The van der Waals surface area contributed by atoms with Gasteiger partial charge in [0.2, 0.25) is 0 Å². The van der Waals surface area contributed by atoms with Crippen molar-refractivity contribution < 1.29 is 5.11 Å². The zero-order valence-corrected chi connectivity index (χ0v) is 13.6. The fourth-order valence-electron chi connectivity index (χ4n) is 2.66. The van der Waals surface area contributed by atoms with Crippen LogP contribution in [0.5, 0.6) is 0 Å². The highest BCUT2D eigenvalue weighted by Crippen LogP contribution is 2.29. The van der Waals surface area contributed by atoms with Gasteiger partial charge in [-0.05, 0) is 28.5 Å². The lowest BCUT2D eigenvalue weighted by molar-refractivity contribution is 0.204. The van der Waals surface area contributed by atoms with E-state index in [0.29, 0.717) is 0 Å². The monoisotopic (exact) mass is 282 g/mol. The molecule has 0 aliphatic carbocycles. The number of hydrogen-bond acceptors (Lipinski definition) is 1. The van der Waals surface area contributed by atoms with Crippen LogP contribution in [0.2, 0.25) is 0 Å². The van der Waals surface area contributed by atoms with Gasteiger partial charge in [0.25, 0.3) is 0 Å². The van der Waals surface area contributed by atoms with Gasteiger partial charge in [-0.3, -0.25) is 0 Å². The maximum atomic E-state index is 9.88. The molecule has 1 unspecified atom stereocenters. The van der Waals surface area contributed by atoms with Gasteiger partial charge in [0.1, 0.15) is 0 Å². The Morgan fingerprint density at radius 1 is 0.762 bits per heavy atom. The third kappa shape index (κ3) is 3.74. The summed E-state index contributed by atoms with van der Waals surface area (Å²) in [6, 6.07) is 19.1. The van der Waals surface area contributed by atoms with Crippen molar-refractivity contribution >= 4 is 0 Å². The number of hydrogen-bond donors (Lipinski definition) is 1. The highest BCUT2D eigenvalue weighted by molar-refractivity contribution is 5.32. The van der Waals surface area contributed by atoms with Gasteiger partial charge < -0.3 is 5.11 Å². The molecule has 1 nitrogen and oxygen atoms in total. The fraction of sp³-hybridized carbons (Fsp3) is 0.400. The van der Waals surface area contributed by atoms with Gasteiger partial charge >= 0.3 is 0 Å². The van der Waals surface area contributed by atoms with Crippen LogP contribution >= 0.6 is 0 Å². The van der Waals surface area contributed by atoms with Crippen LogP contribution in [0.3, 0.4) is 0 Å². The summed E-state index contributed by atoms with van der Waals surface area (Å²) in [6.45, 7) is 8.95. The maximum absolute atomic E-state index is 9.88. The topological polar surface area (TPSA) is 20.2 Å². The Morgan fingerprint density at radius 3 is 1.81 bits per heavy atom. The van der Waals surface area contributed by atoms with Crippen LogP contribution in [-0.4, -0.2) is 11.7 Å². The fourth-order valence-corrected chi connectivity index (χ4v) is 2.66. The van der Waals surface area contributed by atoms with E-state index in [9.17, 15) is 5.11 Å². The molecule has 2 aromatic rings. The molecule has 112 valence electrons. The van der Waals surface area contributed by atoms with Gasteiger partial charge in [0.05, 0.1) is 6.61 Å². The second-order valence-electron chi connectivity index (χ2n) is 7.21. The largest absolute Gasteiger partial charge is 0.395 e. The van der Waals surface area contributed by atoms with E-state index in [1.807, 2.05) is 18.2 Å². The summed E-state index contributed by atoms with van der Waals surface area (Å²) in [5.74, 6) is 0. The molecule has 1 N–H and O–H groups in total. The predicted molar refractivity (Wildman–Crippen MR) is 89.7 cm³/mol. The Bertz CT molecular complexity index is 563. The van der Waals surface area contributed by atoms with Crippen molar-refractivity contribution in [2.45, 2.75) is 44.9 Å². The lowest BCUT2D eigenvalue weighted by Gasteiger charge is -2.28. The first-order valence-electron chi connectivity index (χ1n) is 7.61. The number of benzene rings is 2. The molecule has 1 heteroatoms. The van der Waals surface area contributed by atoms with E-state index in [1.54, 1.807) is 0 Å². The van der Waals surface area contributed by atoms with E-state index in [0.717, 1.165) is 6.42 Å². The van der Waals surface area contributed by atoms with Crippen molar-refractivity contribution in [3.8, 4) is 0 Å². The lowest BCUT2D eigenvalue weighted by Crippen LogP contribution is -2.29. The lowest BCUT2D eigenvalue weighted by atomic mass is 9.77. The number of aliphatic hydroxyl groups is 1.